The Bertz CT molecular complexity index is 796. The first-order chi connectivity index (χ1) is 12.3. The van der Waals surface area contributed by atoms with E-state index in [0.29, 0.717) is 0 Å². The van der Waals surface area contributed by atoms with Crippen LogP contribution in [0.3, 0.4) is 0 Å². The Balaban J connectivity index is 1.70. The molecule has 2 heterocycles. The monoisotopic (exact) mass is 331 g/mol. The third kappa shape index (κ3) is 3.33. The molecule has 1 amide bonds. The van der Waals surface area contributed by atoms with Crippen molar-refractivity contribution in [2.24, 2.45) is 0 Å². The molecule has 1 aliphatic rings. The van der Waals surface area contributed by atoms with Crippen LogP contribution in [0.1, 0.15) is 34.9 Å². The number of hydrogen-bond donors (Lipinski definition) is 1. The number of rotatable bonds is 5. The number of amides is 1. The van der Waals surface area contributed by atoms with Crippen LogP contribution < -0.4 is 5.32 Å². The van der Waals surface area contributed by atoms with Crippen molar-refractivity contribution in [3.63, 3.8) is 0 Å². The highest BCUT2D eigenvalue weighted by Crippen LogP contribution is 2.28. The summed E-state index contributed by atoms with van der Waals surface area (Å²) in [4.78, 5) is 17.0. The topological polar surface area (TPSA) is 46.9 Å². The highest BCUT2D eigenvalue weighted by atomic mass is 16.2. The fourth-order valence-corrected chi connectivity index (χ4v) is 3.52. The molecule has 0 saturated carbocycles. The first-order valence-corrected chi connectivity index (χ1v) is 8.71. The number of nitrogens with one attached hydrogen (secondary N) is 1. The summed E-state index contributed by atoms with van der Waals surface area (Å²) < 4.78 is 2.14. The van der Waals surface area contributed by atoms with Crippen molar-refractivity contribution in [1.82, 2.24) is 14.9 Å². The van der Waals surface area contributed by atoms with Gasteiger partial charge in [0.2, 0.25) is 5.91 Å². The van der Waals surface area contributed by atoms with E-state index >= 15 is 0 Å². The molecular formula is C21H21N3O. The quantitative estimate of drug-likeness (QED) is 0.781. The van der Waals surface area contributed by atoms with Crippen LogP contribution in [0.4, 0.5) is 0 Å². The van der Waals surface area contributed by atoms with Crippen molar-refractivity contribution < 1.29 is 4.79 Å². The predicted octanol–water partition coefficient (Wildman–Crippen LogP) is 3.13. The van der Waals surface area contributed by atoms with Crippen molar-refractivity contribution in [2.75, 3.05) is 6.54 Å². The Morgan fingerprint density at radius 3 is 2.32 bits per heavy atom. The average molecular weight is 331 g/mol. The maximum Gasteiger partial charge on any atom is 0.229 e. The fraction of sp³-hybridized carbons (Fsp3) is 0.238. The van der Waals surface area contributed by atoms with Gasteiger partial charge in [-0.05, 0) is 17.5 Å². The second-order valence-corrected chi connectivity index (χ2v) is 6.48. The number of aromatic nitrogens is 2. The highest BCUT2D eigenvalue weighted by molar-refractivity contribution is 5.85. The smallest absolute Gasteiger partial charge is 0.229 e. The second-order valence-electron chi connectivity index (χ2n) is 6.48. The van der Waals surface area contributed by atoms with Gasteiger partial charge in [-0.1, -0.05) is 60.7 Å². The van der Waals surface area contributed by atoms with E-state index in [1.54, 1.807) is 0 Å². The molecule has 1 N–H and O–H groups in total. The van der Waals surface area contributed by atoms with E-state index in [4.69, 9.17) is 0 Å². The van der Waals surface area contributed by atoms with E-state index in [-0.39, 0.29) is 11.8 Å². The van der Waals surface area contributed by atoms with Crippen LogP contribution in [-0.2, 0) is 17.8 Å². The number of carbonyl (C=O) groups excluding carboxylic acids is 1. The Kier molecular flexibility index (Phi) is 4.34. The summed E-state index contributed by atoms with van der Waals surface area (Å²) in [5, 5.41) is 2.96. The summed E-state index contributed by atoms with van der Waals surface area (Å²) in [5.41, 5.74) is 4.49. The molecule has 4 rings (SSSR count). The van der Waals surface area contributed by atoms with Gasteiger partial charge in [0.25, 0.3) is 0 Å². The Labute approximate surface area is 147 Å². The molecule has 0 aliphatic carbocycles. The van der Waals surface area contributed by atoms with Crippen molar-refractivity contribution >= 4 is 5.91 Å². The minimum atomic E-state index is -0.107. The summed E-state index contributed by atoms with van der Waals surface area (Å²) in [6.07, 6.45) is 3.47. The maximum atomic E-state index is 12.3. The molecule has 1 saturated heterocycles. The number of benzene rings is 2. The van der Waals surface area contributed by atoms with Gasteiger partial charge in [-0.15, -0.1) is 0 Å². The van der Waals surface area contributed by atoms with Gasteiger partial charge in [0, 0.05) is 19.5 Å². The molecule has 1 fully saturated rings. The van der Waals surface area contributed by atoms with Crippen LogP contribution in [0.2, 0.25) is 0 Å². The normalized spacial score (nSPS) is 16.8. The lowest BCUT2D eigenvalue weighted by molar-refractivity contribution is -0.120. The highest BCUT2D eigenvalue weighted by Gasteiger charge is 2.31. The van der Waals surface area contributed by atoms with Crippen molar-refractivity contribution in [3.8, 4) is 0 Å². The van der Waals surface area contributed by atoms with Crippen molar-refractivity contribution in [3.05, 3.63) is 89.5 Å². The van der Waals surface area contributed by atoms with E-state index < -0.39 is 0 Å². The van der Waals surface area contributed by atoms with E-state index in [0.717, 1.165) is 37.3 Å². The lowest BCUT2D eigenvalue weighted by Crippen LogP contribution is -2.21. The molecule has 1 unspecified atom stereocenters. The molecular weight excluding hydrogens is 310 g/mol. The Morgan fingerprint density at radius 1 is 1.00 bits per heavy atom. The summed E-state index contributed by atoms with van der Waals surface area (Å²) in [6.45, 7) is 1.48. The fourth-order valence-electron chi connectivity index (χ4n) is 3.52. The van der Waals surface area contributed by atoms with Crippen LogP contribution in [-0.4, -0.2) is 22.0 Å². The Morgan fingerprint density at radius 2 is 1.68 bits per heavy atom. The molecule has 1 atom stereocenters. The van der Waals surface area contributed by atoms with Gasteiger partial charge in [-0.2, -0.15) is 0 Å². The zero-order valence-electron chi connectivity index (χ0n) is 14.1. The van der Waals surface area contributed by atoms with E-state index in [2.05, 4.69) is 39.1 Å². The first-order valence-electron chi connectivity index (χ1n) is 8.71. The maximum absolute atomic E-state index is 12.3. The third-order valence-corrected chi connectivity index (χ3v) is 4.75. The lowest BCUT2D eigenvalue weighted by Gasteiger charge is -2.14. The SMILES string of the molecule is O=C1NCCC1c1c(Cc2ccccc2)ncn1Cc1ccccc1. The van der Waals surface area contributed by atoms with Gasteiger partial charge in [-0.3, -0.25) is 4.79 Å². The van der Waals surface area contributed by atoms with Gasteiger partial charge < -0.3 is 9.88 Å². The third-order valence-electron chi connectivity index (χ3n) is 4.75. The lowest BCUT2D eigenvalue weighted by atomic mass is 9.98. The van der Waals surface area contributed by atoms with Crippen LogP contribution in [0.15, 0.2) is 67.0 Å². The molecule has 0 radical (unpaired) electrons. The number of nitrogens with zero attached hydrogens (tertiary/aromatic N) is 2. The zero-order valence-corrected chi connectivity index (χ0v) is 14.1. The summed E-state index contributed by atoms with van der Waals surface area (Å²) >= 11 is 0. The zero-order chi connectivity index (χ0) is 17.1. The minimum absolute atomic E-state index is 0.107. The molecule has 0 spiro atoms. The molecule has 25 heavy (non-hydrogen) atoms. The van der Waals surface area contributed by atoms with Gasteiger partial charge in [0.1, 0.15) is 0 Å². The largest absolute Gasteiger partial charge is 0.355 e. The van der Waals surface area contributed by atoms with Crippen molar-refractivity contribution in [1.29, 1.82) is 0 Å². The van der Waals surface area contributed by atoms with E-state index in [1.165, 1.54) is 11.1 Å². The molecule has 4 heteroatoms. The second kappa shape index (κ2) is 6.93. The molecule has 1 aromatic heterocycles. The molecule has 126 valence electrons. The molecule has 0 bridgehead atoms. The average Bonchev–Trinajstić information content (AvgIpc) is 3.23. The van der Waals surface area contributed by atoms with E-state index in [9.17, 15) is 4.79 Å². The standard InChI is InChI=1S/C21H21N3O/c25-21-18(11-12-22-21)20-19(13-16-7-3-1-4-8-16)23-15-24(20)14-17-9-5-2-6-10-17/h1-10,15,18H,11-14H2,(H,22,25). The number of imidazole rings is 1. The van der Waals surface area contributed by atoms with Crippen LogP contribution in [0, 0.1) is 0 Å². The molecule has 4 nitrogen and oxygen atoms in total. The molecule has 1 aliphatic heterocycles. The minimum Gasteiger partial charge on any atom is -0.355 e. The van der Waals surface area contributed by atoms with Crippen molar-refractivity contribution in [2.45, 2.75) is 25.3 Å². The van der Waals surface area contributed by atoms with E-state index in [1.807, 2.05) is 42.7 Å². The Hall–Kier alpha value is -2.88. The molecule has 3 aromatic rings. The van der Waals surface area contributed by atoms with Gasteiger partial charge >= 0.3 is 0 Å². The first kappa shape index (κ1) is 15.6. The van der Waals surface area contributed by atoms with Gasteiger partial charge in [0.05, 0.1) is 23.6 Å². The number of hydrogen-bond acceptors (Lipinski definition) is 2. The van der Waals surface area contributed by atoms with Crippen LogP contribution >= 0.6 is 0 Å². The predicted molar refractivity (Wildman–Crippen MR) is 97.4 cm³/mol. The summed E-state index contributed by atoms with van der Waals surface area (Å²) in [5.74, 6) is 0.00838. The van der Waals surface area contributed by atoms with Gasteiger partial charge in [-0.25, -0.2) is 4.98 Å². The summed E-state index contributed by atoms with van der Waals surface area (Å²) in [6, 6.07) is 20.6. The van der Waals surface area contributed by atoms with Gasteiger partial charge in [0.15, 0.2) is 0 Å². The summed E-state index contributed by atoms with van der Waals surface area (Å²) in [7, 11) is 0. The number of carbonyl (C=O) groups is 1. The van der Waals surface area contributed by atoms with Crippen LogP contribution in [0.5, 0.6) is 0 Å². The van der Waals surface area contributed by atoms with Crippen LogP contribution in [0.25, 0.3) is 0 Å². The molecule has 2 aromatic carbocycles.